The van der Waals surface area contributed by atoms with Crippen molar-refractivity contribution in [1.82, 2.24) is 4.90 Å². The van der Waals surface area contributed by atoms with E-state index in [9.17, 15) is 9.90 Å². The van der Waals surface area contributed by atoms with E-state index < -0.39 is 0 Å². The zero-order valence-electron chi connectivity index (χ0n) is 8.35. The number of rotatable bonds is 2. The molecule has 0 aromatic heterocycles. The lowest BCUT2D eigenvalue weighted by Crippen LogP contribution is -2.47. The fourth-order valence-corrected chi connectivity index (χ4v) is 2.78. The first kappa shape index (κ1) is 9.71. The van der Waals surface area contributed by atoms with Crippen molar-refractivity contribution in [2.75, 3.05) is 0 Å². The number of amides is 1. The molecule has 3 nitrogen and oxygen atoms in total. The van der Waals surface area contributed by atoms with Gasteiger partial charge in [-0.25, -0.2) is 0 Å². The summed E-state index contributed by atoms with van der Waals surface area (Å²) in [7, 11) is 0. The molecule has 3 heteroatoms. The van der Waals surface area contributed by atoms with Gasteiger partial charge in [0.25, 0.3) is 0 Å². The standard InChI is InChI=1S/C11H17NO2/c1-2-3-11(14)12-8-4-5-9(12)7-10(13)6-8/h2,8-10,13H,1,3-7H2. The van der Waals surface area contributed by atoms with Crippen molar-refractivity contribution in [3.05, 3.63) is 12.7 Å². The van der Waals surface area contributed by atoms with E-state index in [2.05, 4.69) is 6.58 Å². The molecular weight excluding hydrogens is 178 g/mol. The molecule has 0 radical (unpaired) electrons. The lowest BCUT2D eigenvalue weighted by atomic mass is 9.99. The van der Waals surface area contributed by atoms with Crippen LogP contribution in [0, 0.1) is 0 Å². The number of piperidine rings is 1. The van der Waals surface area contributed by atoms with Gasteiger partial charge < -0.3 is 10.0 Å². The Bertz CT molecular complexity index is 238. The summed E-state index contributed by atoms with van der Waals surface area (Å²) in [5.74, 6) is 0.180. The van der Waals surface area contributed by atoms with Gasteiger partial charge in [0.15, 0.2) is 0 Å². The maximum absolute atomic E-state index is 11.7. The maximum Gasteiger partial charge on any atom is 0.226 e. The molecule has 2 fully saturated rings. The summed E-state index contributed by atoms with van der Waals surface area (Å²) in [5, 5.41) is 9.56. The summed E-state index contributed by atoms with van der Waals surface area (Å²) >= 11 is 0. The average molecular weight is 195 g/mol. The predicted octanol–water partition coefficient (Wildman–Crippen LogP) is 1.08. The lowest BCUT2D eigenvalue weighted by Gasteiger charge is -2.37. The van der Waals surface area contributed by atoms with Gasteiger partial charge >= 0.3 is 0 Å². The number of carbonyl (C=O) groups excluding carboxylic acids is 1. The fraction of sp³-hybridized carbons (Fsp3) is 0.727. The van der Waals surface area contributed by atoms with Gasteiger partial charge in [-0.15, -0.1) is 6.58 Å². The van der Waals surface area contributed by atoms with Crippen molar-refractivity contribution in [3.63, 3.8) is 0 Å². The molecule has 2 aliphatic heterocycles. The summed E-state index contributed by atoms with van der Waals surface area (Å²) < 4.78 is 0. The topological polar surface area (TPSA) is 40.5 Å². The second-order valence-electron chi connectivity index (χ2n) is 4.30. The molecule has 2 bridgehead atoms. The minimum Gasteiger partial charge on any atom is -0.393 e. The fourth-order valence-electron chi connectivity index (χ4n) is 2.78. The first-order chi connectivity index (χ1) is 6.72. The Labute approximate surface area is 84.4 Å². The molecule has 2 aliphatic rings. The van der Waals surface area contributed by atoms with E-state index in [-0.39, 0.29) is 24.1 Å². The van der Waals surface area contributed by atoms with Crippen molar-refractivity contribution < 1.29 is 9.90 Å². The predicted molar refractivity (Wildman–Crippen MR) is 53.7 cm³/mol. The Morgan fingerprint density at radius 1 is 1.43 bits per heavy atom. The number of hydrogen-bond donors (Lipinski definition) is 1. The molecular formula is C11H17NO2. The van der Waals surface area contributed by atoms with Crippen LogP contribution in [0.25, 0.3) is 0 Å². The minimum atomic E-state index is -0.194. The molecule has 2 unspecified atom stereocenters. The average Bonchev–Trinajstić information content (AvgIpc) is 2.39. The molecule has 0 spiro atoms. The van der Waals surface area contributed by atoms with Crippen LogP contribution in [-0.4, -0.2) is 34.1 Å². The molecule has 2 atom stereocenters. The first-order valence-electron chi connectivity index (χ1n) is 5.32. The number of nitrogens with zero attached hydrogens (tertiary/aromatic N) is 1. The van der Waals surface area contributed by atoms with Crippen molar-refractivity contribution in [1.29, 1.82) is 0 Å². The van der Waals surface area contributed by atoms with Gasteiger partial charge in [0, 0.05) is 18.5 Å². The molecule has 14 heavy (non-hydrogen) atoms. The SMILES string of the molecule is C=CCC(=O)N1C2CCC1CC(O)C2. The van der Waals surface area contributed by atoms with Crippen molar-refractivity contribution >= 4 is 5.91 Å². The van der Waals surface area contributed by atoms with Gasteiger partial charge in [-0.05, 0) is 25.7 Å². The second kappa shape index (κ2) is 3.73. The van der Waals surface area contributed by atoms with Crippen molar-refractivity contribution in [2.24, 2.45) is 0 Å². The monoisotopic (exact) mass is 195 g/mol. The largest absolute Gasteiger partial charge is 0.393 e. The highest BCUT2D eigenvalue weighted by Crippen LogP contribution is 2.35. The van der Waals surface area contributed by atoms with Gasteiger partial charge in [0.1, 0.15) is 0 Å². The van der Waals surface area contributed by atoms with Crippen LogP contribution in [0.1, 0.15) is 32.1 Å². The highest BCUT2D eigenvalue weighted by molar-refractivity contribution is 5.78. The molecule has 2 rings (SSSR count). The Morgan fingerprint density at radius 3 is 2.50 bits per heavy atom. The molecule has 1 amide bonds. The normalized spacial score (nSPS) is 35.8. The molecule has 2 heterocycles. The number of aliphatic hydroxyl groups excluding tert-OH is 1. The van der Waals surface area contributed by atoms with Crippen LogP contribution in [0.5, 0.6) is 0 Å². The minimum absolute atomic E-state index is 0.180. The van der Waals surface area contributed by atoms with Gasteiger partial charge in [-0.1, -0.05) is 6.08 Å². The Hall–Kier alpha value is -0.830. The molecule has 0 aromatic rings. The third-order valence-corrected chi connectivity index (χ3v) is 3.32. The summed E-state index contributed by atoms with van der Waals surface area (Å²) in [6.45, 7) is 3.58. The number of fused-ring (bicyclic) bond motifs is 2. The van der Waals surface area contributed by atoms with E-state index in [1.165, 1.54) is 0 Å². The van der Waals surface area contributed by atoms with E-state index >= 15 is 0 Å². The maximum atomic E-state index is 11.7. The van der Waals surface area contributed by atoms with E-state index in [1.807, 2.05) is 4.90 Å². The Balaban J connectivity index is 2.07. The van der Waals surface area contributed by atoms with E-state index in [4.69, 9.17) is 0 Å². The van der Waals surface area contributed by atoms with E-state index in [0.717, 1.165) is 25.7 Å². The Kier molecular flexibility index (Phi) is 2.59. The molecule has 0 aliphatic carbocycles. The Morgan fingerprint density at radius 2 is 2.00 bits per heavy atom. The number of aliphatic hydroxyl groups is 1. The highest BCUT2D eigenvalue weighted by atomic mass is 16.3. The van der Waals surface area contributed by atoms with E-state index in [0.29, 0.717) is 6.42 Å². The molecule has 1 N–H and O–H groups in total. The third kappa shape index (κ3) is 1.57. The highest BCUT2D eigenvalue weighted by Gasteiger charge is 2.41. The van der Waals surface area contributed by atoms with Crippen LogP contribution in [-0.2, 0) is 4.79 Å². The van der Waals surface area contributed by atoms with Crippen LogP contribution in [0.3, 0.4) is 0 Å². The molecule has 2 saturated heterocycles. The molecule has 78 valence electrons. The van der Waals surface area contributed by atoms with Crippen LogP contribution in [0.2, 0.25) is 0 Å². The first-order valence-corrected chi connectivity index (χ1v) is 5.32. The summed E-state index contributed by atoms with van der Waals surface area (Å²) in [5.41, 5.74) is 0. The zero-order chi connectivity index (χ0) is 10.1. The summed E-state index contributed by atoms with van der Waals surface area (Å²) in [6.07, 6.45) is 5.55. The quantitative estimate of drug-likeness (QED) is 0.670. The third-order valence-electron chi connectivity index (χ3n) is 3.32. The van der Waals surface area contributed by atoms with Crippen molar-refractivity contribution in [3.8, 4) is 0 Å². The number of hydrogen-bond acceptors (Lipinski definition) is 2. The van der Waals surface area contributed by atoms with Gasteiger partial charge in [-0.3, -0.25) is 4.79 Å². The molecule has 0 aromatic carbocycles. The smallest absolute Gasteiger partial charge is 0.226 e. The van der Waals surface area contributed by atoms with Gasteiger partial charge in [-0.2, -0.15) is 0 Å². The van der Waals surface area contributed by atoms with Crippen LogP contribution in [0.4, 0.5) is 0 Å². The summed E-state index contributed by atoms with van der Waals surface area (Å²) in [4.78, 5) is 13.7. The summed E-state index contributed by atoms with van der Waals surface area (Å²) in [6, 6.07) is 0.576. The van der Waals surface area contributed by atoms with Crippen LogP contribution >= 0.6 is 0 Å². The van der Waals surface area contributed by atoms with Crippen molar-refractivity contribution in [2.45, 2.75) is 50.3 Å². The van der Waals surface area contributed by atoms with E-state index in [1.54, 1.807) is 6.08 Å². The van der Waals surface area contributed by atoms with Gasteiger partial charge in [0.05, 0.1) is 6.10 Å². The van der Waals surface area contributed by atoms with Crippen LogP contribution in [0.15, 0.2) is 12.7 Å². The number of carbonyl (C=O) groups is 1. The molecule has 0 saturated carbocycles. The lowest BCUT2D eigenvalue weighted by molar-refractivity contribution is -0.136. The zero-order valence-corrected chi connectivity index (χ0v) is 8.35. The second-order valence-corrected chi connectivity index (χ2v) is 4.30. The van der Waals surface area contributed by atoms with Crippen LogP contribution < -0.4 is 0 Å². The van der Waals surface area contributed by atoms with Gasteiger partial charge in [0.2, 0.25) is 5.91 Å².